The van der Waals surface area contributed by atoms with Gasteiger partial charge in [0.15, 0.2) is 0 Å². The van der Waals surface area contributed by atoms with Crippen molar-refractivity contribution < 1.29 is 9.53 Å². The van der Waals surface area contributed by atoms with Crippen LogP contribution in [-0.2, 0) is 4.74 Å². The molecule has 4 nitrogen and oxygen atoms in total. The number of thioether (sulfide) groups is 1. The first-order valence-corrected chi connectivity index (χ1v) is 10.7. The molecule has 2 fully saturated rings. The van der Waals surface area contributed by atoms with E-state index in [1.807, 2.05) is 47.9 Å². The first-order chi connectivity index (χ1) is 12.6. The summed E-state index contributed by atoms with van der Waals surface area (Å²) >= 11 is 8.05. The second-order valence-corrected chi connectivity index (χ2v) is 8.65. The summed E-state index contributed by atoms with van der Waals surface area (Å²) in [6.45, 7) is 3.40. The molecule has 4 rings (SSSR count). The van der Waals surface area contributed by atoms with E-state index < -0.39 is 0 Å². The molecule has 26 heavy (non-hydrogen) atoms. The van der Waals surface area contributed by atoms with Gasteiger partial charge in [-0.1, -0.05) is 11.6 Å². The van der Waals surface area contributed by atoms with Crippen LogP contribution < -0.4 is 0 Å². The summed E-state index contributed by atoms with van der Waals surface area (Å²) in [5.41, 5.74) is 2.31. The maximum absolute atomic E-state index is 13.5. The molecule has 6 heteroatoms. The molecule has 0 radical (unpaired) electrons. The van der Waals surface area contributed by atoms with Crippen molar-refractivity contribution in [2.24, 2.45) is 0 Å². The molecule has 2 unspecified atom stereocenters. The Kier molecular flexibility index (Phi) is 5.39. The Bertz CT molecular complexity index is 817. The maximum atomic E-state index is 13.5. The zero-order chi connectivity index (χ0) is 18.1. The highest BCUT2D eigenvalue weighted by Gasteiger charge is 2.32. The summed E-state index contributed by atoms with van der Waals surface area (Å²) in [5, 5.41) is 1.56. The molecule has 1 aromatic heterocycles. The summed E-state index contributed by atoms with van der Waals surface area (Å²) in [6.07, 6.45) is 3.33. The summed E-state index contributed by atoms with van der Waals surface area (Å²) in [4.78, 5) is 20.1. The number of fused-ring (bicyclic) bond motifs is 1. The number of carbonyl (C=O) groups excluding carboxylic acids is 1. The summed E-state index contributed by atoms with van der Waals surface area (Å²) in [6, 6.07) is 7.83. The number of amides is 1. The van der Waals surface area contributed by atoms with Gasteiger partial charge in [-0.3, -0.25) is 9.78 Å². The predicted molar refractivity (Wildman–Crippen MR) is 107 cm³/mol. The Hall–Kier alpha value is -1.30. The van der Waals surface area contributed by atoms with Gasteiger partial charge < -0.3 is 9.64 Å². The first-order valence-electron chi connectivity index (χ1n) is 9.19. The van der Waals surface area contributed by atoms with Crippen LogP contribution in [0, 0.1) is 6.92 Å². The van der Waals surface area contributed by atoms with E-state index in [0.717, 1.165) is 54.0 Å². The lowest BCUT2D eigenvalue weighted by molar-refractivity contribution is 0.0441. The minimum atomic E-state index is 0.0693. The van der Waals surface area contributed by atoms with Crippen molar-refractivity contribution in [2.45, 2.75) is 38.3 Å². The molecule has 2 saturated heterocycles. The number of aryl methyl sites for hydroxylation is 1. The average molecular weight is 391 g/mol. The van der Waals surface area contributed by atoms with Crippen LogP contribution in [0.25, 0.3) is 10.9 Å². The number of hydrogen-bond donors (Lipinski definition) is 0. The molecule has 2 aliphatic rings. The minimum absolute atomic E-state index is 0.0693. The van der Waals surface area contributed by atoms with Crippen LogP contribution in [0.15, 0.2) is 24.3 Å². The van der Waals surface area contributed by atoms with Gasteiger partial charge in [-0.25, -0.2) is 0 Å². The SMILES string of the molecule is Cc1nc2ccc(Cl)cc2cc1C(=O)N(CC1CCCO1)C1CCSC1. The Morgan fingerprint density at radius 2 is 2.27 bits per heavy atom. The topological polar surface area (TPSA) is 42.4 Å². The van der Waals surface area contributed by atoms with Crippen molar-refractivity contribution in [3.05, 3.63) is 40.5 Å². The molecule has 0 aliphatic carbocycles. The molecule has 2 aliphatic heterocycles. The molecule has 1 aromatic carbocycles. The van der Waals surface area contributed by atoms with Gasteiger partial charge in [0, 0.05) is 35.4 Å². The Balaban J connectivity index is 1.67. The van der Waals surface area contributed by atoms with Gasteiger partial charge in [0.2, 0.25) is 0 Å². The number of rotatable bonds is 4. The number of halogens is 1. The smallest absolute Gasteiger partial charge is 0.256 e. The van der Waals surface area contributed by atoms with Crippen LogP contribution in [0.5, 0.6) is 0 Å². The largest absolute Gasteiger partial charge is 0.376 e. The van der Waals surface area contributed by atoms with Crippen molar-refractivity contribution in [1.82, 2.24) is 9.88 Å². The van der Waals surface area contributed by atoms with Crippen LogP contribution in [0.2, 0.25) is 5.02 Å². The Morgan fingerprint density at radius 3 is 3.00 bits per heavy atom. The van der Waals surface area contributed by atoms with Crippen molar-refractivity contribution in [1.29, 1.82) is 0 Å². The van der Waals surface area contributed by atoms with Gasteiger partial charge in [-0.05, 0) is 56.2 Å². The van der Waals surface area contributed by atoms with E-state index in [1.165, 1.54) is 0 Å². The van der Waals surface area contributed by atoms with Crippen LogP contribution in [0.4, 0.5) is 0 Å². The zero-order valence-electron chi connectivity index (χ0n) is 14.9. The molecule has 3 heterocycles. The van der Waals surface area contributed by atoms with Crippen molar-refractivity contribution >= 4 is 40.2 Å². The minimum Gasteiger partial charge on any atom is -0.376 e. The summed E-state index contributed by atoms with van der Waals surface area (Å²) in [7, 11) is 0. The van der Waals surface area contributed by atoms with E-state index in [4.69, 9.17) is 16.3 Å². The molecule has 2 atom stereocenters. The second kappa shape index (κ2) is 7.75. The quantitative estimate of drug-likeness (QED) is 0.779. The summed E-state index contributed by atoms with van der Waals surface area (Å²) in [5.74, 6) is 2.19. The number of hydrogen-bond acceptors (Lipinski definition) is 4. The fourth-order valence-electron chi connectivity index (χ4n) is 3.79. The van der Waals surface area contributed by atoms with E-state index in [1.54, 1.807) is 0 Å². The van der Waals surface area contributed by atoms with Crippen LogP contribution in [0.3, 0.4) is 0 Å². The highest BCUT2D eigenvalue weighted by molar-refractivity contribution is 7.99. The molecule has 0 spiro atoms. The third-order valence-corrected chi connectivity index (χ3v) is 6.61. The number of carbonyl (C=O) groups is 1. The van der Waals surface area contributed by atoms with E-state index in [0.29, 0.717) is 17.1 Å². The standard InChI is InChI=1S/C20H23ClN2O2S/c1-13-18(10-14-9-15(21)4-5-19(14)22-13)20(24)23(16-6-8-26-12-16)11-17-3-2-7-25-17/h4-5,9-10,16-17H,2-3,6-8,11-12H2,1H3. The van der Waals surface area contributed by atoms with Gasteiger partial charge in [-0.2, -0.15) is 11.8 Å². The highest BCUT2D eigenvalue weighted by Crippen LogP contribution is 2.28. The Labute approximate surface area is 163 Å². The highest BCUT2D eigenvalue weighted by atomic mass is 35.5. The van der Waals surface area contributed by atoms with E-state index in [9.17, 15) is 4.79 Å². The third kappa shape index (κ3) is 3.71. The Morgan fingerprint density at radius 1 is 1.38 bits per heavy atom. The van der Waals surface area contributed by atoms with Crippen molar-refractivity contribution in [3.63, 3.8) is 0 Å². The molecular weight excluding hydrogens is 368 g/mol. The van der Waals surface area contributed by atoms with Gasteiger partial charge in [-0.15, -0.1) is 0 Å². The zero-order valence-corrected chi connectivity index (χ0v) is 16.5. The van der Waals surface area contributed by atoms with E-state index >= 15 is 0 Å². The molecule has 1 amide bonds. The molecule has 0 saturated carbocycles. The number of aromatic nitrogens is 1. The molecule has 0 N–H and O–H groups in total. The monoisotopic (exact) mass is 390 g/mol. The summed E-state index contributed by atoms with van der Waals surface area (Å²) < 4.78 is 5.81. The van der Waals surface area contributed by atoms with Crippen LogP contribution >= 0.6 is 23.4 Å². The second-order valence-electron chi connectivity index (χ2n) is 7.07. The van der Waals surface area contributed by atoms with Gasteiger partial charge in [0.1, 0.15) is 0 Å². The third-order valence-electron chi connectivity index (χ3n) is 5.23. The van der Waals surface area contributed by atoms with Crippen LogP contribution in [0.1, 0.15) is 35.3 Å². The van der Waals surface area contributed by atoms with Gasteiger partial charge >= 0.3 is 0 Å². The van der Waals surface area contributed by atoms with Crippen molar-refractivity contribution in [2.75, 3.05) is 24.7 Å². The molecule has 0 bridgehead atoms. The van der Waals surface area contributed by atoms with Crippen molar-refractivity contribution in [3.8, 4) is 0 Å². The lowest BCUT2D eigenvalue weighted by atomic mass is 10.1. The lowest BCUT2D eigenvalue weighted by Gasteiger charge is -2.31. The maximum Gasteiger partial charge on any atom is 0.256 e. The van der Waals surface area contributed by atoms with Crippen LogP contribution in [-0.4, -0.2) is 52.6 Å². The van der Waals surface area contributed by atoms with E-state index in [-0.39, 0.29) is 18.1 Å². The number of pyridine rings is 1. The number of ether oxygens (including phenoxy) is 1. The van der Waals surface area contributed by atoms with Gasteiger partial charge in [0.05, 0.1) is 22.9 Å². The van der Waals surface area contributed by atoms with E-state index in [2.05, 4.69) is 4.98 Å². The molecular formula is C20H23ClN2O2S. The molecule has 2 aromatic rings. The average Bonchev–Trinajstić information content (AvgIpc) is 3.32. The normalized spacial score (nSPS) is 22.8. The fourth-order valence-corrected chi connectivity index (χ4v) is 5.19. The first kappa shape index (κ1) is 18.1. The van der Waals surface area contributed by atoms with Gasteiger partial charge in [0.25, 0.3) is 5.91 Å². The lowest BCUT2D eigenvalue weighted by Crippen LogP contribution is -2.45. The number of nitrogens with zero attached hydrogens (tertiary/aromatic N) is 2. The number of benzene rings is 1. The predicted octanol–water partition coefficient (Wildman–Crippen LogP) is 4.32. The fraction of sp³-hybridized carbons (Fsp3) is 0.500. The molecule has 138 valence electrons.